The number of pyridine rings is 2. The third kappa shape index (κ3) is 3.27. The molecule has 1 amide bonds. The molecule has 1 atom stereocenters. The number of aryl methyl sites for hydroxylation is 1. The monoisotopic (exact) mass is 349 g/mol. The number of likely N-dealkylation sites (tertiary alicyclic amines) is 1. The van der Waals surface area contributed by atoms with Gasteiger partial charge in [-0.3, -0.25) is 4.79 Å². The smallest absolute Gasteiger partial charge is 0.228 e. The number of aromatic nitrogens is 3. The molecule has 0 radical (unpaired) electrons. The minimum absolute atomic E-state index is 0.172. The molecule has 6 heteroatoms. The van der Waals surface area contributed by atoms with E-state index in [1.807, 2.05) is 59.1 Å². The van der Waals surface area contributed by atoms with Crippen molar-refractivity contribution in [2.45, 2.75) is 26.2 Å². The van der Waals surface area contributed by atoms with Gasteiger partial charge in [-0.1, -0.05) is 12.1 Å². The first kappa shape index (κ1) is 16.6. The molecule has 134 valence electrons. The molecule has 6 nitrogen and oxygen atoms in total. The van der Waals surface area contributed by atoms with E-state index in [4.69, 9.17) is 5.73 Å². The number of amides is 1. The van der Waals surface area contributed by atoms with Crippen molar-refractivity contribution in [3.63, 3.8) is 0 Å². The summed E-state index contributed by atoms with van der Waals surface area (Å²) in [5.41, 5.74) is 9.80. The molecule has 1 aliphatic rings. The molecule has 0 bridgehead atoms. The van der Waals surface area contributed by atoms with Gasteiger partial charge in [0.05, 0.1) is 12.1 Å². The number of imidazole rings is 1. The van der Waals surface area contributed by atoms with Crippen LogP contribution in [0.15, 0.2) is 42.9 Å². The molecule has 1 fully saturated rings. The maximum Gasteiger partial charge on any atom is 0.228 e. The van der Waals surface area contributed by atoms with Crippen molar-refractivity contribution in [2.24, 2.45) is 5.92 Å². The van der Waals surface area contributed by atoms with Crippen LogP contribution in [0.5, 0.6) is 0 Å². The molecular formula is C20H23N5O. The first-order valence-electron chi connectivity index (χ1n) is 9.00. The van der Waals surface area contributed by atoms with Gasteiger partial charge in [-0.15, -0.1) is 0 Å². The highest BCUT2D eigenvalue weighted by molar-refractivity contribution is 5.79. The number of hydrogen-bond acceptors (Lipinski definition) is 4. The molecule has 1 saturated heterocycles. The van der Waals surface area contributed by atoms with E-state index in [1.165, 1.54) is 5.56 Å². The zero-order chi connectivity index (χ0) is 18.1. The molecule has 26 heavy (non-hydrogen) atoms. The molecule has 1 aliphatic heterocycles. The van der Waals surface area contributed by atoms with Gasteiger partial charge >= 0.3 is 0 Å². The summed E-state index contributed by atoms with van der Waals surface area (Å²) in [6.07, 6.45) is 7.97. The summed E-state index contributed by atoms with van der Waals surface area (Å²) in [5, 5.41) is 0. The Morgan fingerprint density at radius 1 is 1.27 bits per heavy atom. The molecule has 0 aliphatic carbocycles. The number of nitrogens with two attached hydrogens (primary N) is 1. The summed E-state index contributed by atoms with van der Waals surface area (Å²) < 4.78 is 2.01. The van der Waals surface area contributed by atoms with Crippen molar-refractivity contribution in [1.29, 1.82) is 0 Å². The van der Waals surface area contributed by atoms with Crippen LogP contribution in [0.25, 0.3) is 5.65 Å². The second-order valence-corrected chi connectivity index (χ2v) is 7.10. The molecular weight excluding hydrogens is 326 g/mol. The number of carbonyl (C=O) groups is 1. The van der Waals surface area contributed by atoms with Gasteiger partial charge in [-0.05, 0) is 48.9 Å². The van der Waals surface area contributed by atoms with Gasteiger partial charge in [0.15, 0.2) is 0 Å². The zero-order valence-corrected chi connectivity index (χ0v) is 14.9. The highest BCUT2D eigenvalue weighted by atomic mass is 16.2. The molecule has 2 N–H and O–H groups in total. The van der Waals surface area contributed by atoms with Crippen LogP contribution >= 0.6 is 0 Å². The van der Waals surface area contributed by atoms with Crippen LogP contribution in [-0.2, 0) is 17.6 Å². The van der Waals surface area contributed by atoms with E-state index in [2.05, 4.69) is 9.97 Å². The van der Waals surface area contributed by atoms with Crippen molar-refractivity contribution in [1.82, 2.24) is 19.3 Å². The predicted octanol–water partition coefficient (Wildman–Crippen LogP) is 2.25. The zero-order valence-electron chi connectivity index (χ0n) is 14.9. The number of hydrogen-bond donors (Lipinski definition) is 1. The van der Waals surface area contributed by atoms with E-state index in [1.54, 1.807) is 0 Å². The van der Waals surface area contributed by atoms with Crippen molar-refractivity contribution in [2.75, 3.05) is 18.8 Å². The van der Waals surface area contributed by atoms with E-state index < -0.39 is 0 Å². The Morgan fingerprint density at radius 3 is 2.96 bits per heavy atom. The Labute approximate surface area is 152 Å². The van der Waals surface area contributed by atoms with Crippen molar-refractivity contribution in [3.8, 4) is 0 Å². The number of nitrogen functional groups attached to an aromatic ring is 1. The summed E-state index contributed by atoms with van der Waals surface area (Å²) >= 11 is 0. The van der Waals surface area contributed by atoms with Crippen LogP contribution in [0.3, 0.4) is 0 Å². The van der Waals surface area contributed by atoms with E-state index in [0.29, 0.717) is 18.2 Å². The van der Waals surface area contributed by atoms with E-state index in [-0.39, 0.29) is 5.91 Å². The van der Waals surface area contributed by atoms with Gasteiger partial charge in [0, 0.05) is 31.7 Å². The number of rotatable bonds is 4. The average Bonchev–Trinajstić information content (AvgIpc) is 3.25. The maximum atomic E-state index is 12.7. The van der Waals surface area contributed by atoms with Gasteiger partial charge < -0.3 is 15.0 Å². The second-order valence-electron chi connectivity index (χ2n) is 7.10. The van der Waals surface area contributed by atoms with Crippen molar-refractivity contribution >= 4 is 17.4 Å². The van der Waals surface area contributed by atoms with Crippen LogP contribution < -0.4 is 5.73 Å². The topological polar surface area (TPSA) is 76.5 Å². The Kier molecular flexibility index (Phi) is 4.32. The molecule has 0 aromatic carbocycles. The lowest BCUT2D eigenvalue weighted by Gasteiger charge is -2.16. The molecule has 3 aromatic rings. The highest BCUT2D eigenvalue weighted by Crippen LogP contribution is 2.22. The maximum absolute atomic E-state index is 12.7. The van der Waals surface area contributed by atoms with Gasteiger partial charge in [-0.25, -0.2) is 9.97 Å². The van der Waals surface area contributed by atoms with Gasteiger partial charge in [0.25, 0.3) is 0 Å². The molecule has 3 aromatic heterocycles. The number of fused-ring (bicyclic) bond motifs is 1. The molecule has 4 heterocycles. The Hall–Kier alpha value is -2.89. The first-order valence-corrected chi connectivity index (χ1v) is 9.00. The van der Waals surface area contributed by atoms with Gasteiger partial charge in [-0.2, -0.15) is 0 Å². The van der Waals surface area contributed by atoms with Gasteiger partial charge in [0.2, 0.25) is 5.91 Å². The number of nitrogens with zero attached hydrogens (tertiary/aromatic N) is 4. The molecule has 0 spiro atoms. The average molecular weight is 349 g/mol. The fourth-order valence-electron chi connectivity index (χ4n) is 3.72. The van der Waals surface area contributed by atoms with Crippen LogP contribution in [-0.4, -0.2) is 38.3 Å². The second kappa shape index (κ2) is 6.78. The third-order valence-electron chi connectivity index (χ3n) is 5.15. The summed E-state index contributed by atoms with van der Waals surface area (Å²) in [4.78, 5) is 23.3. The number of carbonyl (C=O) groups excluding carboxylic acids is 1. The third-order valence-corrected chi connectivity index (χ3v) is 5.15. The fourth-order valence-corrected chi connectivity index (χ4v) is 3.72. The van der Waals surface area contributed by atoms with Crippen LogP contribution in [0.1, 0.15) is 23.2 Å². The van der Waals surface area contributed by atoms with Crippen LogP contribution in [0.2, 0.25) is 0 Å². The Bertz CT molecular complexity index is 931. The van der Waals surface area contributed by atoms with Crippen LogP contribution in [0, 0.1) is 12.8 Å². The highest BCUT2D eigenvalue weighted by Gasteiger charge is 2.27. The quantitative estimate of drug-likeness (QED) is 0.784. The summed E-state index contributed by atoms with van der Waals surface area (Å²) in [6.45, 7) is 3.66. The van der Waals surface area contributed by atoms with Gasteiger partial charge in [0.1, 0.15) is 11.5 Å². The number of anilines is 1. The minimum Gasteiger partial charge on any atom is -0.384 e. The Balaban J connectivity index is 1.39. The Morgan fingerprint density at radius 2 is 2.15 bits per heavy atom. The SMILES string of the molecule is Cc1cccn2c(CC(=O)N3CCC(Cc4ccc(N)nc4)C3)cnc12. The minimum atomic E-state index is 0.172. The van der Waals surface area contributed by atoms with Crippen molar-refractivity contribution < 1.29 is 4.79 Å². The molecule has 0 saturated carbocycles. The van der Waals surface area contributed by atoms with Crippen molar-refractivity contribution in [3.05, 3.63) is 59.7 Å². The summed E-state index contributed by atoms with van der Waals surface area (Å²) in [6, 6.07) is 7.88. The van der Waals surface area contributed by atoms with Crippen LogP contribution in [0.4, 0.5) is 5.82 Å². The first-order chi connectivity index (χ1) is 12.6. The fraction of sp³-hybridized carbons (Fsp3) is 0.350. The lowest BCUT2D eigenvalue weighted by molar-refractivity contribution is -0.129. The van der Waals surface area contributed by atoms with E-state index in [0.717, 1.165) is 42.8 Å². The van der Waals surface area contributed by atoms with E-state index in [9.17, 15) is 4.79 Å². The standard InChI is InChI=1S/C20H23N5O/c1-14-3-2-7-25-17(12-23-20(14)25)10-19(26)24-8-6-16(13-24)9-15-4-5-18(21)22-11-15/h2-5,7,11-12,16H,6,8-10,13H2,1H3,(H2,21,22). The predicted molar refractivity (Wildman–Crippen MR) is 101 cm³/mol. The summed E-state index contributed by atoms with van der Waals surface area (Å²) in [5.74, 6) is 1.19. The lowest BCUT2D eigenvalue weighted by Crippen LogP contribution is -2.30. The normalized spacial score (nSPS) is 17.1. The lowest BCUT2D eigenvalue weighted by atomic mass is 10.00. The molecule has 1 unspecified atom stereocenters. The van der Waals surface area contributed by atoms with E-state index >= 15 is 0 Å². The largest absolute Gasteiger partial charge is 0.384 e. The molecule has 4 rings (SSSR count). The summed E-state index contributed by atoms with van der Waals surface area (Å²) in [7, 11) is 0.